The molecule has 0 aromatic rings. The average Bonchev–Trinajstić information content (AvgIpc) is 2.90. The molecule has 2 aliphatic carbocycles. The maximum atomic E-state index is 9.02. The van der Waals surface area contributed by atoms with Crippen LogP contribution in [0.4, 0.5) is 0 Å². The molecular weight excluding hydrogens is 172 g/mol. The number of piperidine rings is 1. The number of likely N-dealkylation sites (tertiary alicyclic amines) is 1. The van der Waals surface area contributed by atoms with Crippen LogP contribution in [0.5, 0.6) is 0 Å². The Labute approximate surface area is 85.9 Å². The first-order valence-corrected chi connectivity index (χ1v) is 5.71. The Hall–Kier alpha value is -0.550. The highest BCUT2D eigenvalue weighted by Gasteiger charge is 2.62. The highest BCUT2D eigenvalue weighted by Crippen LogP contribution is 2.62. The largest absolute Gasteiger partial charge is 0.301 e. The van der Waals surface area contributed by atoms with Crippen molar-refractivity contribution in [3.05, 3.63) is 0 Å². The van der Waals surface area contributed by atoms with Crippen LogP contribution in [0, 0.1) is 34.0 Å². The Bertz CT molecular complexity index is 295. The Morgan fingerprint density at radius 1 is 1.29 bits per heavy atom. The third kappa shape index (κ3) is 1.05. The van der Waals surface area contributed by atoms with E-state index < -0.39 is 0 Å². The Balaban J connectivity index is 1.58. The van der Waals surface area contributed by atoms with Crippen molar-refractivity contribution in [2.24, 2.45) is 22.7 Å². The fourth-order valence-electron chi connectivity index (χ4n) is 3.23. The SMILES string of the molecule is CC1(C)C2CN(CC3(C#N)CC3)CC21. The molecule has 0 spiro atoms. The first kappa shape index (κ1) is 8.73. The topological polar surface area (TPSA) is 27.0 Å². The second-order valence-corrected chi connectivity index (χ2v) is 6.12. The lowest BCUT2D eigenvalue weighted by molar-refractivity contribution is 0.232. The van der Waals surface area contributed by atoms with Gasteiger partial charge >= 0.3 is 0 Å². The van der Waals surface area contributed by atoms with Crippen LogP contribution in [0.15, 0.2) is 0 Å². The van der Waals surface area contributed by atoms with Crippen molar-refractivity contribution in [1.82, 2.24) is 4.90 Å². The van der Waals surface area contributed by atoms with Gasteiger partial charge < -0.3 is 4.90 Å². The van der Waals surface area contributed by atoms with Gasteiger partial charge in [-0.1, -0.05) is 13.8 Å². The summed E-state index contributed by atoms with van der Waals surface area (Å²) >= 11 is 0. The molecule has 2 heteroatoms. The standard InChI is InChI=1S/C12H18N2/c1-11(2)9-5-14(6-10(9)11)8-12(7-13)3-4-12/h9-10H,3-6,8H2,1-2H3. The van der Waals surface area contributed by atoms with Crippen LogP contribution in [0.25, 0.3) is 0 Å². The van der Waals surface area contributed by atoms with E-state index in [-0.39, 0.29) is 5.41 Å². The number of nitriles is 1. The minimum Gasteiger partial charge on any atom is -0.301 e. The Morgan fingerprint density at radius 3 is 2.29 bits per heavy atom. The molecule has 1 aliphatic heterocycles. The van der Waals surface area contributed by atoms with E-state index in [0.29, 0.717) is 5.41 Å². The maximum Gasteiger partial charge on any atom is 0.0703 e. The fourth-order valence-corrected chi connectivity index (χ4v) is 3.23. The van der Waals surface area contributed by atoms with Crippen LogP contribution in [0.1, 0.15) is 26.7 Å². The molecule has 3 fully saturated rings. The predicted molar refractivity (Wildman–Crippen MR) is 54.5 cm³/mol. The molecule has 0 radical (unpaired) electrons. The van der Waals surface area contributed by atoms with E-state index in [1.165, 1.54) is 13.1 Å². The lowest BCUT2D eigenvalue weighted by atomic mass is 10.0. The highest BCUT2D eigenvalue weighted by molar-refractivity contribution is 5.16. The maximum absolute atomic E-state index is 9.02. The molecule has 2 nitrogen and oxygen atoms in total. The molecule has 0 amide bonds. The third-order valence-electron chi connectivity index (χ3n) is 4.81. The number of rotatable bonds is 2. The molecule has 1 heterocycles. The number of nitrogens with zero attached hydrogens (tertiary/aromatic N) is 2. The minimum atomic E-state index is 0.0704. The van der Waals surface area contributed by atoms with Crippen LogP contribution in [0.3, 0.4) is 0 Å². The molecule has 0 aromatic carbocycles. The second kappa shape index (κ2) is 2.33. The quantitative estimate of drug-likeness (QED) is 0.664. The normalized spacial score (nSPS) is 41.5. The van der Waals surface area contributed by atoms with Gasteiger partial charge in [-0.05, 0) is 30.1 Å². The van der Waals surface area contributed by atoms with Gasteiger partial charge in [-0.2, -0.15) is 5.26 Å². The van der Waals surface area contributed by atoms with Gasteiger partial charge in [-0.25, -0.2) is 0 Å². The summed E-state index contributed by atoms with van der Waals surface area (Å²) in [7, 11) is 0. The number of fused-ring (bicyclic) bond motifs is 1. The summed E-state index contributed by atoms with van der Waals surface area (Å²) in [6, 6.07) is 2.49. The van der Waals surface area contributed by atoms with Gasteiger partial charge in [0.2, 0.25) is 0 Å². The molecule has 76 valence electrons. The predicted octanol–water partition coefficient (Wildman–Crippen LogP) is 1.88. The molecule has 0 bridgehead atoms. The van der Waals surface area contributed by atoms with Crippen molar-refractivity contribution in [1.29, 1.82) is 5.26 Å². The third-order valence-corrected chi connectivity index (χ3v) is 4.81. The van der Waals surface area contributed by atoms with Crippen molar-refractivity contribution in [3.8, 4) is 6.07 Å². The van der Waals surface area contributed by atoms with Gasteiger partial charge in [0.1, 0.15) is 0 Å². The molecule has 0 aromatic heterocycles. The number of hydrogen-bond donors (Lipinski definition) is 0. The summed E-state index contributed by atoms with van der Waals surface area (Å²) in [6.07, 6.45) is 2.28. The zero-order chi connectivity index (χ0) is 9.97. The van der Waals surface area contributed by atoms with E-state index in [1.54, 1.807) is 0 Å². The summed E-state index contributed by atoms with van der Waals surface area (Å²) in [6.45, 7) is 8.32. The first-order valence-electron chi connectivity index (χ1n) is 5.71. The van der Waals surface area contributed by atoms with Crippen LogP contribution in [0.2, 0.25) is 0 Å². The summed E-state index contributed by atoms with van der Waals surface area (Å²) in [5, 5.41) is 9.02. The molecule has 1 saturated heterocycles. The van der Waals surface area contributed by atoms with Gasteiger partial charge in [0, 0.05) is 19.6 Å². The molecular formula is C12H18N2. The van der Waals surface area contributed by atoms with E-state index in [2.05, 4.69) is 24.8 Å². The lowest BCUT2D eigenvalue weighted by Gasteiger charge is -2.23. The van der Waals surface area contributed by atoms with Crippen molar-refractivity contribution in [2.75, 3.05) is 19.6 Å². The van der Waals surface area contributed by atoms with Crippen LogP contribution in [-0.2, 0) is 0 Å². The highest BCUT2D eigenvalue weighted by atomic mass is 15.2. The summed E-state index contributed by atoms with van der Waals surface area (Å²) in [4.78, 5) is 2.52. The monoisotopic (exact) mass is 190 g/mol. The molecule has 2 unspecified atom stereocenters. The van der Waals surface area contributed by atoms with E-state index in [9.17, 15) is 0 Å². The van der Waals surface area contributed by atoms with Gasteiger partial charge in [0.05, 0.1) is 11.5 Å². The van der Waals surface area contributed by atoms with E-state index in [0.717, 1.165) is 31.2 Å². The van der Waals surface area contributed by atoms with Crippen molar-refractivity contribution < 1.29 is 0 Å². The van der Waals surface area contributed by atoms with Crippen LogP contribution in [-0.4, -0.2) is 24.5 Å². The average molecular weight is 190 g/mol. The Morgan fingerprint density at radius 2 is 1.86 bits per heavy atom. The zero-order valence-electron chi connectivity index (χ0n) is 9.08. The van der Waals surface area contributed by atoms with Crippen molar-refractivity contribution in [2.45, 2.75) is 26.7 Å². The van der Waals surface area contributed by atoms with Crippen LogP contribution >= 0.6 is 0 Å². The minimum absolute atomic E-state index is 0.0704. The van der Waals surface area contributed by atoms with E-state index in [1.807, 2.05) is 0 Å². The number of hydrogen-bond acceptors (Lipinski definition) is 2. The molecule has 0 N–H and O–H groups in total. The summed E-state index contributed by atoms with van der Waals surface area (Å²) in [5.74, 6) is 1.86. The summed E-state index contributed by atoms with van der Waals surface area (Å²) in [5.41, 5.74) is 0.681. The molecule has 2 saturated carbocycles. The van der Waals surface area contributed by atoms with Crippen molar-refractivity contribution >= 4 is 0 Å². The Kier molecular flexibility index (Phi) is 1.46. The summed E-state index contributed by atoms with van der Waals surface area (Å²) < 4.78 is 0. The molecule has 3 aliphatic rings. The fraction of sp³-hybridized carbons (Fsp3) is 0.917. The molecule has 3 rings (SSSR count). The first-order chi connectivity index (χ1) is 6.57. The van der Waals surface area contributed by atoms with E-state index >= 15 is 0 Å². The van der Waals surface area contributed by atoms with Gasteiger partial charge in [-0.15, -0.1) is 0 Å². The molecule has 14 heavy (non-hydrogen) atoms. The zero-order valence-corrected chi connectivity index (χ0v) is 9.08. The van der Waals surface area contributed by atoms with E-state index in [4.69, 9.17) is 5.26 Å². The van der Waals surface area contributed by atoms with Crippen molar-refractivity contribution in [3.63, 3.8) is 0 Å². The molecule has 2 atom stereocenters. The lowest BCUT2D eigenvalue weighted by Crippen LogP contribution is -2.31. The van der Waals surface area contributed by atoms with Gasteiger partial charge in [0.15, 0.2) is 0 Å². The smallest absolute Gasteiger partial charge is 0.0703 e. The van der Waals surface area contributed by atoms with Gasteiger partial charge in [-0.3, -0.25) is 0 Å². The second-order valence-electron chi connectivity index (χ2n) is 6.12. The van der Waals surface area contributed by atoms with Crippen LogP contribution < -0.4 is 0 Å². The van der Waals surface area contributed by atoms with Gasteiger partial charge in [0.25, 0.3) is 0 Å².